The smallest absolute Gasteiger partial charge is 0.308 e. The van der Waals surface area contributed by atoms with Gasteiger partial charge in [0.2, 0.25) is 5.91 Å². The Morgan fingerprint density at radius 1 is 1.08 bits per heavy atom. The Morgan fingerprint density at radius 2 is 1.83 bits per heavy atom. The van der Waals surface area contributed by atoms with Gasteiger partial charge in [-0.2, -0.15) is 0 Å². The third-order valence-corrected chi connectivity index (χ3v) is 5.62. The molecule has 1 aromatic rings. The van der Waals surface area contributed by atoms with Gasteiger partial charge in [-0.05, 0) is 36.7 Å². The summed E-state index contributed by atoms with van der Waals surface area (Å²) in [5.74, 6) is -0.515. The van der Waals surface area contributed by atoms with Gasteiger partial charge in [0.05, 0.1) is 5.92 Å². The van der Waals surface area contributed by atoms with Crippen molar-refractivity contribution in [3.8, 4) is 0 Å². The lowest BCUT2D eigenvalue weighted by Gasteiger charge is -2.20. The largest absolute Gasteiger partial charge is 0.481 e. The summed E-state index contributed by atoms with van der Waals surface area (Å²) in [6, 6.07) is 9.87. The lowest BCUT2D eigenvalue weighted by molar-refractivity contribution is -0.142. The highest BCUT2D eigenvalue weighted by Gasteiger charge is 2.48. The molecular formula is C18H23N3O3. The van der Waals surface area contributed by atoms with Crippen molar-refractivity contribution in [1.82, 2.24) is 15.8 Å². The molecule has 2 unspecified atom stereocenters. The molecule has 1 aromatic carbocycles. The standard InChI is InChI=1S/C18H23N3O3/c22-17(16-8-15(19-20-16)12-4-2-1-3-5-12)21-9-13(11-6-7-11)14(10-21)18(23)24/h1-5,11,13-16,19-20H,6-10H2,(H,23,24)/t13-,14+,15?,16?/m1/s1. The molecule has 6 heteroatoms. The molecule has 1 amide bonds. The Kier molecular flexibility index (Phi) is 4.02. The van der Waals surface area contributed by atoms with Crippen molar-refractivity contribution in [1.29, 1.82) is 0 Å². The number of carbonyl (C=O) groups is 2. The molecule has 2 saturated heterocycles. The SMILES string of the molecule is O=C(O)[C@H]1CN(C(=O)C2CC(c3ccccc3)NN2)C[C@@H]1C1CC1. The molecule has 3 N–H and O–H groups in total. The molecule has 1 aliphatic carbocycles. The van der Waals surface area contributed by atoms with Crippen LogP contribution in [-0.4, -0.2) is 41.0 Å². The Labute approximate surface area is 141 Å². The third kappa shape index (κ3) is 2.91. The van der Waals surface area contributed by atoms with Crippen molar-refractivity contribution < 1.29 is 14.7 Å². The average molecular weight is 329 g/mol. The van der Waals surface area contributed by atoms with Gasteiger partial charge in [0.25, 0.3) is 0 Å². The minimum atomic E-state index is -0.762. The first-order chi connectivity index (χ1) is 11.6. The lowest BCUT2D eigenvalue weighted by Crippen LogP contribution is -2.45. The molecule has 4 rings (SSSR count). The first kappa shape index (κ1) is 15.6. The number of hydrogen-bond acceptors (Lipinski definition) is 4. The van der Waals surface area contributed by atoms with Gasteiger partial charge in [-0.1, -0.05) is 30.3 Å². The van der Waals surface area contributed by atoms with Gasteiger partial charge >= 0.3 is 5.97 Å². The number of benzene rings is 1. The number of carboxylic acid groups (broad SMARTS) is 1. The maximum absolute atomic E-state index is 12.8. The molecule has 24 heavy (non-hydrogen) atoms. The van der Waals surface area contributed by atoms with Crippen molar-refractivity contribution in [2.75, 3.05) is 13.1 Å². The molecule has 2 aliphatic heterocycles. The van der Waals surface area contributed by atoms with Crippen molar-refractivity contribution >= 4 is 11.9 Å². The molecular weight excluding hydrogens is 306 g/mol. The minimum absolute atomic E-state index is 0.0235. The zero-order chi connectivity index (χ0) is 16.7. The van der Waals surface area contributed by atoms with E-state index in [1.165, 1.54) is 0 Å². The number of nitrogens with zero attached hydrogens (tertiary/aromatic N) is 1. The van der Waals surface area contributed by atoms with E-state index in [2.05, 4.69) is 10.9 Å². The average Bonchev–Trinajstić information content (AvgIpc) is 3.15. The second kappa shape index (κ2) is 6.18. The topological polar surface area (TPSA) is 81.7 Å². The van der Waals surface area contributed by atoms with E-state index >= 15 is 0 Å². The summed E-state index contributed by atoms with van der Waals surface area (Å²) < 4.78 is 0. The number of hydrazine groups is 1. The van der Waals surface area contributed by atoms with E-state index in [1.54, 1.807) is 4.90 Å². The molecule has 128 valence electrons. The van der Waals surface area contributed by atoms with Crippen LogP contribution in [0.1, 0.15) is 30.9 Å². The predicted octanol–water partition coefficient (Wildman–Crippen LogP) is 1.16. The number of rotatable bonds is 4. The number of amides is 1. The number of nitrogens with one attached hydrogen (secondary N) is 2. The van der Waals surface area contributed by atoms with Crippen LogP contribution >= 0.6 is 0 Å². The molecule has 2 heterocycles. The van der Waals surface area contributed by atoms with Crippen LogP contribution in [-0.2, 0) is 9.59 Å². The molecule has 3 fully saturated rings. The van der Waals surface area contributed by atoms with Crippen LogP contribution in [0.2, 0.25) is 0 Å². The van der Waals surface area contributed by atoms with Gasteiger partial charge in [-0.3, -0.25) is 9.59 Å². The highest BCUT2D eigenvalue weighted by atomic mass is 16.4. The highest BCUT2D eigenvalue weighted by Crippen LogP contribution is 2.44. The molecule has 0 radical (unpaired) electrons. The van der Waals surface area contributed by atoms with E-state index in [1.807, 2.05) is 30.3 Å². The van der Waals surface area contributed by atoms with Crippen molar-refractivity contribution in [2.24, 2.45) is 17.8 Å². The normalized spacial score (nSPS) is 32.9. The summed E-state index contributed by atoms with van der Waals surface area (Å²) in [5, 5.41) is 9.45. The van der Waals surface area contributed by atoms with E-state index in [0.29, 0.717) is 25.4 Å². The monoisotopic (exact) mass is 329 g/mol. The Bertz CT molecular complexity index is 632. The van der Waals surface area contributed by atoms with E-state index in [9.17, 15) is 14.7 Å². The maximum atomic E-state index is 12.8. The van der Waals surface area contributed by atoms with Crippen molar-refractivity contribution in [2.45, 2.75) is 31.3 Å². The van der Waals surface area contributed by atoms with Crippen LogP contribution in [0.5, 0.6) is 0 Å². The molecule has 3 aliphatic rings. The third-order valence-electron chi connectivity index (χ3n) is 5.62. The van der Waals surface area contributed by atoms with Crippen LogP contribution in [0, 0.1) is 17.8 Å². The van der Waals surface area contributed by atoms with Crippen molar-refractivity contribution in [3.63, 3.8) is 0 Å². The van der Waals surface area contributed by atoms with Gasteiger partial charge in [-0.15, -0.1) is 0 Å². The van der Waals surface area contributed by atoms with Crippen LogP contribution in [0.4, 0.5) is 0 Å². The van der Waals surface area contributed by atoms with Gasteiger partial charge in [0, 0.05) is 19.1 Å². The van der Waals surface area contributed by atoms with Gasteiger partial charge in [0.1, 0.15) is 6.04 Å². The van der Waals surface area contributed by atoms with E-state index < -0.39 is 11.9 Å². The van der Waals surface area contributed by atoms with Crippen LogP contribution < -0.4 is 10.9 Å². The summed E-state index contributed by atoms with van der Waals surface area (Å²) in [4.78, 5) is 26.1. The Balaban J connectivity index is 1.40. The quantitative estimate of drug-likeness (QED) is 0.772. The van der Waals surface area contributed by atoms with Gasteiger partial charge in [0.15, 0.2) is 0 Å². The van der Waals surface area contributed by atoms with Crippen molar-refractivity contribution in [3.05, 3.63) is 35.9 Å². The van der Waals surface area contributed by atoms with E-state index in [0.717, 1.165) is 18.4 Å². The second-order valence-electron chi connectivity index (χ2n) is 7.23. The predicted molar refractivity (Wildman–Crippen MR) is 87.8 cm³/mol. The molecule has 0 aromatic heterocycles. The summed E-state index contributed by atoms with van der Waals surface area (Å²) >= 11 is 0. The van der Waals surface area contributed by atoms with Gasteiger partial charge in [-0.25, -0.2) is 10.9 Å². The zero-order valence-electron chi connectivity index (χ0n) is 13.5. The van der Waals surface area contributed by atoms with Gasteiger partial charge < -0.3 is 10.0 Å². The summed E-state index contributed by atoms with van der Waals surface area (Å²) in [7, 11) is 0. The fraction of sp³-hybridized carbons (Fsp3) is 0.556. The summed E-state index contributed by atoms with van der Waals surface area (Å²) in [6.07, 6.45) is 2.90. The first-order valence-electron chi connectivity index (χ1n) is 8.71. The molecule has 6 nitrogen and oxygen atoms in total. The van der Waals surface area contributed by atoms with Crippen LogP contribution in [0.25, 0.3) is 0 Å². The van der Waals surface area contributed by atoms with E-state index in [4.69, 9.17) is 0 Å². The molecule has 4 atom stereocenters. The number of carboxylic acids is 1. The molecule has 1 saturated carbocycles. The Morgan fingerprint density at radius 3 is 2.50 bits per heavy atom. The van der Waals surface area contributed by atoms with E-state index in [-0.39, 0.29) is 23.9 Å². The van der Waals surface area contributed by atoms with Crippen LogP contribution in [0.3, 0.4) is 0 Å². The molecule has 0 spiro atoms. The minimum Gasteiger partial charge on any atom is -0.481 e. The zero-order valence-corrected chi connectivity index (χ0v) is 13.5. The fourth-order valence-corrected chi connectivity index (χ4v) is 4.11. The highest BCUT2D eigenvalue weighted by molar-refractivity contribution is 5.84. The number of carbonyl (C=O) groups excluding carboxylic acids is 1. The fourth-order valence-electron chi connectivity index (χ4n) is 4.11. The lowest BCUT2D eigenvalue weighted by atomic mass is 9.92. The second-order valence-corrected chi connectivity index (χ2v) is 7.23. The number of likely N-dealkylation sites (tertiary alicyclic amines) is 1. The molecule has 0 bridgehead atoms. The number of aliphatic carboxylic acids is 1. The first-order valence-corrected chi connectivity index (χ1v) is 8.71. The summed E-state index contributed by atoms with van der Waals surface area (Å²) in [5.41, 5.74) is 7.44. The Hall–Kier alpha value is -1.92. The maximum Gasteiger partial charge on any atom is 0.308 e. The van der Waals surface area contributed by atoms with Crippen LogP contribution in [0.15, 0.2) is 30.3 Å². The number of hydrogen-bond donors (Lipinski definition) is 3. The summed E-state index contributed by atoms with van der Waals surface area (Å²) in [6.45, 7) is 0.943.